The standard InChI is InChI=1S/C10H11FN4/c11-5-8-1-4-15(7-8)10-9(6-12)13-2-3-14-10/h2-3,8H,1,4-5,7H2. The Kier molecular flexibility index (Phi) is 2.77. The van der Waals surface area contributed by atoms with Crippen molar-refractivity contribution >= 4 is 5.82 Å². The number of rotatable bonds is 2. The fourth-order valence-electron chi connectivity index (χ4n) is 1.79. The van der Waals surface area contributed by atoms with Gasteiger partial charge >= 0.3 is 0 Å². The van der Waals surface area contributed by atoms with Gasteiger partial charge in [0.15, 0.2) is 11.5 Å². The smallest absolute Gasteiger partial charge is 0.183 e. The Hall–Kier alpha value is -1.70. The zero-order valence-corrected chi connectivity index (χ0v) is 8.23. The molecule has 5 heteroatoms. The lowest BCUT2D eigenvalue weighted by molar-refractivity contribution is 0.384. The number of hydrogen-bond donors (Lipinski definition) is 0. The van der Waals surface area contributed by atoms with E-state index in [1.807, 2.05) is 11.0 Å². The first-order chi connectivity index (χ1) is 7.35. The fourth-order valence-corrected chi connectivity index (χ4v) is 1.79. The Morgan fingerprint density at radius 1 is 1.53 bits per heavy atom. The minimum atomic E-state index is -0.307. The number of anilines is 1. The normalized spacial score (nSPS) is 20.3. The molecule has 0 N–H and O–H groups in total. The van der Waals surface area contributed by atoms with Crippen LogP contribution in [-0.2, 0) is 0 Å². The molecule has 15 heavy (non-hydrogen) atoms. The molecule has 0 bridgehead atoms. The average molecular weight is 206 g/mol. The van der Waals surface area contributed by atoms with Gasteiger partial charge in [0.05, 0.1) is 6.67 Å². The lowest BCUT2D eigenvalue weighted by Gasteiger charge is -2.16. The lowest BCUT2D eigenvalue weighted by atomic mass is 10.1. The molecule has 0 radical (unpaired) electrons. The molecular formula is C10H11FN4. The summed E-state index contributed by atoms with van der Waals surface area (Å²) in [5.74, 6) is 0.648. The number of aromatic nitrogens is 2. The van der Waals surface area contributed by atoms with Gasteiger partial charge in [-0.15, -0.1) is 0 Å². The zero-order chi connectivity index (χ0) is 10.7. The minimum Gasteiger partial charge on any atom is -0.354 e. The van der Waals surface area contributed by atoms with Gasteiger partial charge in [-0.3, -0.25) is 4.39 Å². The number of alkyl halides is 1. The Bertz CT molecular complexity index is 387. The van der Waals surface area contributed by atoms with Gasteiger partial charge in [-0.1, -0.05) is 0 Å². The first-order valence-electron chi connectivity index (χ1n) is 4.87. The van der Waals surface area contributed by atoms with Crippen LogP contribution in [0.5, 0.6) is 0 Å². The Labute approximate surface area is 87.4 Å². The molecule has 78 valence electrons. The Morgan fingerprint density at radius 2 is 2.33 bits per heavy atom. The second-order valence-corrected chi connectivity index (χ2v) is 3.60. The molecule has 1 saturated heterocycles. The predicted octanol–water partition coefficient (Wildman–Crippen LogP) is 1.14. The van der Waals surface area contributed by atoms with Crippen molar-refractivity contribution in [2.45, 2.75) is 6.42 Å². The largest absolute Gasteiger partial charge is 0.354 e. The van der Waals surface area contributed by atoms with Crippen molar-refractivity contribution < 1.29 is 4.39 Å². The zero-order valence-electron chi connectivity index (χ0n) is 8.23. The molecule has 0 aliphatic carbocycles. The molecular weight excluding hydrogens is 195 g/mol. The van der Waals surface area contributed by atoms with Crippen molar-refractivity contribution in [3.63, 3.8) is 0 Å². The van der Waals surface area contributed by atoms with E-state index in [2.05, 4.69) is 9.97 Å². The molecule has 1 unspecified atom stereocenters. The van der Waals surface area contributed by atoms with E-state index < -0.39 is 0 Å². The summed E-state index contributed by atoms with van der Waals surface area (Å²) in [6.07, 6.45) is 3.86. The minimum absolute atomic E-state index is 0.0681. The van der Waals surface area contributed by atoms with Gasteiger partial charge in [0.1, 0.15) is 6.07 Å². The highest BCUT2D eigenvalue weighted by Gasteiger charge is 2.25. The fraction of sp³-hybridized carbons (Fsp3) is 0.500. The highest BCUT2D eigenvalue weighted by molar-refractivity contribution is 5.50. The SMILES string of the molecule is N#Cc1nccnc1N1CCC(CF)C1. The molecule has 1 aromatic rings. The number of nitriles is 1. The van der Waals surface area contributed by atoms with Crippen molar-refractivity contribution in [1.82, 2.24) is 9.97 Å². The van der Waals surface area contributed by atoms with Crippen molar-refractivity contribution in [3.8, 4) is 6.07 Å². The number of hydrogen-bond acceptors (Lipinski definition) is 4. The van der Waals surface area contributed by atoms with Crippen LogP contribution in [0.4, 0.5) is 10.2 Å². The van der Waals surface area contributed by atoms with Gasteiger partial charge in [-0.25, -0.2) is 9.97 Å². The highest BCUT2D eigenvalue weighted by atomic mass is 19.1. The quantitative estimate of drug-likeness (QED) is 0.728. The van der Waals surface area contributed by atoms with Crippen LogP contribution in [0.3, 0.4) is 0 Å². The first-order valence-corrected chi connectivity index (χ1v) is 4.87. The van der Waals surface area contributed by atoms with E-state index in [0.717, 1.165) is 13.0 Å². The van der Waals surface area contributed by atoms with E-state index in [1.165, 1.54) is 6.20 Å². The molecule has 1 fully saturated rings. The van der Waals surface area contributed by atoms with E-state index in [1.54, 1.807) is 6.20 Å². The Balaban J connectivity index is 2.20. The van der Waals surface area contributed by atoms with Crippen LogP contribution in [0.2, 0.25) is 0 Å². The lowest BCUT2D eigenvalue weighted by Crippen LogP contribution is -2.22. The van der Waals surface area contributed by atoms with Crippen molar-refractivity contribution in [2.24, 2.45) is 5.92 Å². The molecule has 4 nitrogen and oxygen atoms in total. The Morgan fingerprint density at radius 3 is 3.00 bits per heavy atom. The van der Waals surface area contributed by atoms with Gasteiger partial charge in [0, 0.05) is 31.4 Å². The van der Waals surface area contributed by atoms with Crippen molar-refractivity contribution in [3.05, 3.63) is 18.1 Å². The maximum Gasteiger partial charge on any atom is 0.183 e. The van der Waals surface area contributed by atoms with Crippen LogP contribution in [-0.4, -0.2) is 29.7 Å². The summed E-state index contributed by atoms with van der Waals surface area (Å²) in [6, 6.07) is 2.00. The van der Waals surface area contributed by atoms with Gasteiger partial charge in [-0.2, -0.15) is 5.26 Å². The summed E-state index contributed by atoms with van der Waals surface area (Å²) < 4.78 is 12.4. The van der Waals surface area contributed by atoms with E-state index in [-0.39, 0.29) is 12.6 Å². The monoisotopic (exact) mass is 206 g/mol. The molecule has 0 spiro atoms. The number of nitrogens with zero attached hydrogens (tertiary/aromatic N) is 4. The predicted molar refractivity (Wildman–Crippen MR) is 53.0 cm³/mol. The second-order valence-electron chi connectivity index (χ2n) is 3.60. The van der Waals surface area contributed by atoms with E-state index >= 15 is 0 Å². The van der Waals surface area contributed by atoms with E-state index in [4.69, 9.17) is 5.26 Å². The summed E-state index contributed by atoms with van der Waals surface area (Å²) in [6.45, 7) is 1.07. The van der Waals surface area contributed by atoms with E-state index in [9.17, 15) is 4.39 Å². The first kappa shape index (κ1) is 9.84. The topological polar surface area (TPSA) is 52.8 Å². The van der Waals surface area contributed by atoms with Crippen LogP contribution >= 0.6 is 0 Å². The molecule has 0 saturated carbocycles. The molecule has 1 atom stereocenters. The van der Waals surface area contributed by atoms with Crippen LogP contribution in [0, 0.1) is 17.2 Å². The maximum absolute atomic E-state index is 12.4. The third-order valence-electron chi connectivity index (χ3n) is 2.59. The van der Waals surface area contributed by atoms with Crippen LogP contribution in [0.15, 0.2) is 12.4 Å². The average Bonchev–Trinajstić information content (AvgIpc) is 2.77. The molecule has 1 aromatic heterocycles. The third kappa shape index (κ3) is 1.89. The van der Waals surface area contributed by atoms with Crippen LogP contribution in [0.25, 0.3) is 0 Å². The van der Waals surface area contributed by atoms with Gasteiger partial charge in [-0.05, 0) is 6.42 Å². The van der Waals surface area contributed by atoms with Crippen molar-refractivity contribution in [2.75, 3.05) is 24.7 Å². The summed E-state index contributed by atoms with van der Waals surface area (Å²) >= 11 is 0. The van der Waals surface area contributed by atoms with Gasteiger partial charge < -0.3 is 4.90 Å². The summed E-state index contributed by atoms with van der Waals surface area (Å²) in [5.41, 5.74) is 0.317. The molecule has 1 aliphatic rings. The highest BCUT2D eigenvalue weighted by Crippen LogP contribution is 2.23. The maximum atomic E-state index is 12.4. The summed E-state index contributed by atoms with van der Waals surface area (Å²) in [5, 5.41) is 8.85. The molecule has 2 heterocycles. The summed E-state index contributed by atoms with van der Waals surface area (Å²) in [7, 11) is 0. The second kappa shape index (κ2) is 4.22. The molecule has 1 aliphatic heterocycles. The van der Waals surface area contributed by atoms with Gasteiger partial charge in [0.25, 0.3) is 0 Å². The van der Waals surface area contributed by atoms with Gasteiger partial charge in [0.2, 0.25) is 0 Å². The molecule has 2 rings (SSSR count). The third-order valence-corrected chi connectivity index (χ3v) is 2.59. The summed E-state index contributed by atoms with van der Waals surface area (Å²) in [4.78, 5) is 9.98. The number of halogens is 1. The van der Waals surface area contributed by atoms with E-state index in [0.29, 0.717) is 18.1 Å². The molecule has 0 aromatic carbocycles. The van der Waals surface area contributed by atoms with Crippen LogP contribution in [0.1, 0.15) is 12.1 Å². The molecule has 0 amide bonds. The van der Waals surface area contributed by atoms with Crippen LogP contribution < -0.4 is 4.90 Å². The van der Waals surface area contributed by atoms with Crippen molar-refractivity contribution in [1.29, 1.82) is 5.26 Å².